The number of aromatic nitrogens is 2. The second kappa shape index (κ2) is 7.24. The van der Waals surface area contributed by atoms with Crippen molar-refractivity contribution in [3.8, 4) is 11.5 Å². The van der Waals surface area contributed by atoms with Crippen LogP contribution < -0.4 is 15.0 Å². The highest BCUT2D eigenvalue weighted by molar-refractivity contribution is 5.99. The third kappa shape index (κ3) is 3.47. The van der Waals surface area contributed by atoms with Gasteiger partial charge in [0.2, 0.25) is 0 Å². The molecule has 3 aromatic rings. The van der Waals surface area contributed by atoms with Gasteiger partial charge in [-0.3, -0.25) is 24.3 Å². The quantitative estimate of drug-likeness (QED) is 0.372. The zero-order chi connectivity index (χ0) is 19.6. The summed E-state index contributed by atoms with van der Waals surface area (Å²) in [5.74, 6) is 0.427. The number of ether oxygens (including phenoxy) is 2. The second-order valence-electron chi connectivity index (χ2n) is 5.63. The van der Waals surface area contributed by atoms with Crippen LogP contribution in [0.15, 0.2) is 47.5 Å². The van der Waals surface area contributed by atoms with Crippen molar-refractivity contribution in [2.75, 3.05) is 14.2 Å². The number of hydrogen-bond donors (Lipinski definition) is 0. The normalized spacial score (nSPS) is 10.6. The summed E-state index contributed by atoms with van der Waals surface area (Å²) in [5, 5.41) is 11.0. The highest BCUT2D eigenvalue weighted by atomic mass is 16.6. The van der Waals surface area contributed by atoms with E-state index in [0.717, 1.165) is 10.6 Å². The van der Waals surface area contributed by atoms with E-state index < -0.39 is 10.5 Å². The zero-order valence-electron chi connectivity index (χ0n) is 14.5. The lowest BCUT2D eigenvalue weighted by Gasteiger charge is -2.11. The Kier molecular flexibility index (Phi) is 4.84. The lowest BCUT2D eigenvalue weighted by molar-refractivity contribution is -0.384. The summed E-state index contributed by atoms with van der Waals surface area (Å²) in [6.45, 7) is -0.298. The summed E-state index contributed by atoms with van der Waals surface area (Å²) in [6, 6.07) is 8.58. The van der Waals surface area contributed by atoms with Gasteiger partial charge in [0, 0.05) is 12.1 Å². The van der Waals surface area contributed by atoms with Gasteiger partial charge < -0.3 is 9.47 Å². The van der Waals surface area contributed by atoms with Gasteiger partial charge in [0.15, 0.2) is 5.78 Å². The van der Waals surface area contributed by atoms with E-state index in [9.17, 15) is 19.7 Å². The van der Waals surface area contributed by atoms with E-state index in [1.807, 2.05) is 0 Å². The Hall–Kier alpha value is -3.75. The molecular weight excluding hydrogens is 354 g/mol. The molecule has 0 saturated heterocycles. The first-order valence-corrected chi connectivity index (χ1v) is 7.83. The SMILES string of the molecule is COc1ccc(OC)c(C(=O)Cn2cnc3ccc([N+](=O)[O-])cc3c2=O)c1. The molecular formula is C18H15N3O6. The zero-order valence-corrected chi connectivity index (χ0v) is 14.5. The minimum absolute atomic E-state index is 0.0668. The van der Waals surface area contributed by atoms with Gasteiger partial charge in [-0.25, -0.2) is 4.98 Å². The van der Waals surface area contributed by atoms with Crippen LogP contribution in [0, 0.1) is 10.1 Å². The van der Waals surface area contributed by atoms with Gasteiger partial charge in [0.25, 0.3) is 11.2 Å². The molecule has 1 heterocycles. The van der Waals surface area contributed by atoms with Crippen molar-refractivity contribution in [1.29, 1.82) is 0 Å². The molecule has 0 fully saturated rings. The van der Waals surface area contributed by atoms with Crippen LogP contribution in [-0.2, 0) is 6.54 Å². The molecule has 0 aliphatic rings. The molecule has 3 rings (SSSR count). The fourth-order valence-electron chi connectivity index (χ4n) is 2.64. The largest absolute Gasteiger partial charge is 0.497 e. The number of methoxy groups -OCH3 is 2. The van der Waals surface area contributed by atoms with Gasteiger partial charge in [0.05, 0.1) is 48.5 Å². The molecule has 0 aliphatic carbocycles. The van der Waals surface area contributed by atoms with Gasteiger partial charge in [0.1, 0.15) is 11.5 Å². The predicted octanol–water partition coefficient (Wildman–Crippen LogP) is 2.20. The molecule has 0 amide bonds. The number of benzene rings is 2. The maximum atomic E-state index is 12.7. The molecule has 9 heteroatoms. The van der Waals surface area contributed by atoms with E-state index in [1.54, 1.807) is 12.1 Å². The molecule has 9 nitrogen and oxygen atoms in total. The van der Waals surface area contributed by atoms with Gasteiger partial charge in [-0.2, -0.15) is 0 Å². The van der Waals surface area contributed by atoms with E-state index >= 15 is 0 Å². The van der Waals surface area contributed by atoms with Gasteiger partial charge in [-0.1, -0.05) is 0 Å². The van der Waals surface area contributed by atoms with Crippen LogP contribution in [0.5, 0.6) is 11.5 Å². The number of Topliss-reactive ketones (excluding diaryl/α,β-unsaturated/α-hetero) is 1. The van der Waals surface area contributed by atoms with Crippen LogP contribution >= 0.6 is 0 Å². The molecule has 27 heavy (non-hydrogen) atoms. The van der Waals surface area contributed by atoms with Crippen LogP contribution in [0.4, 0.5) is 5.69 Å². The fourth-order valence-corrected chi connectivity index (χ4v) is 2.64. The second-order valence-corrected chi connectivity index (χ2v) is 5.63. The predicted molar refractivity (Wildman–Crippen MR) is 96.5 cm³/mol. The number of carbonyl (C=O) groups excluding carboxylic acids is 1. The van der Waals surface area contributed by atoms with E-state index in [2.05, 4.69) is 4.98 Å². The molecule has 0 spiro atoms. The molecule has 0 aliphatic heterocycles. The summed E-state index contributed by atoms with van der Waals surface area (Å²) in [5.41, 5.74) is -0.199. The summed E-state index contributed by atoms with van der Waals surface area (Å²) in [4.78, 5) is 39.8. The summed E-state index contributed by atoms with van der Waals surface area (Å²) in [7, 11) is 2.90. The third-order valence-electron chi connectivity index (χ3n) is 4.04. The van der Waals surface area contributed by atoms with E-state index in [0.29, 0.717) is 17.0 Å². The third-order valence-corrected chi connectivity index (χ3v) is 4.04. The average molecular weight is 369 g/mol. The van der Waals surface area contributed by atoms with Crippen molar-refractivity contribution in [3.63, 3.8) is 0 Å². The van der Waals surface area contributed by atoms with Crippen LogP contribution in [0.1, 0.15) is 10.4 Å². The standard InChI is InChI=1S/C18H15N3O6/c1-26-12-4-6-17(27-2)14(8-12)16(22)9-20-10-19-15-5-3-11(21(24)25)7-13(15)18(20)23/h3-8,10H,9H2,1-2H3. The number of ketones is 1. The molecule has 1 aromatic heterocycles. The van der Waals surface area contributed by atoms with Crippen LogP contribution in [-0.4, -0.2) is 34.5 Å². The number of hydrogen-bond acceptors (Lipinski definition) is 7. The lowest BCUT2D eigenvalue weighted by atomic mass is 10.1. The summed E-state index contributed by atoms with van der Waals surface area (Å²) in [6.07, 6.45) is 1.24. The maximum Gasteiger partial charge on any atom is 0.270 e. The fraction of sp³-hybridized carbons (Fsp3) is 0.167. The van der Waals surface area contributed by atoms with Crippen LogP contribution in [0.3, 0.4) is 0 Å². The highest BCUT2D eigenvalue weighted by Gasteiger charge is 2.17. The number of nitrogens with zero attached hydrogens (tertiary/aromatic N) is 3. The Labute approximate surface area is 152 Å². The molecule has 2 aromatic carbocycles. The molecule has 138 valence electrons. The summed E-state index contributed by atoms with van der Waals surface area (Å²) >= 11 is 0. The Morgan fingerprint density at radius 1 is 1.19 bits per heavy atom. The van der Waals surface area contributed by atoms with Crippen molar-refractivity contribution in [1.82, 2.24) is 9.55 Å². The van der Waals surface area contributed by atoms with Gasteiger partial charge in [-0.15, -0.1) is 0 Å². The monoisotopic (exact) mass is 369 g/mol. The first kappa shape index (κ1) is 18.1. The molecule has 0 saturated carbocycles. The van der Waals surface area contributed by atoms with Gasteiger partial charge in [-0.05, 0) is 24.3 Å². The number of fused-ring (bicyclic) bond motifs is 1. The van der Waals surface area contributed by atoms with E-state index in [1.165, 1.54) is 38.7 Å². The molecule has 0 unspecified atom stereocenters. The topological polar surface area (TPSA) is 114 Å². The Morgan fingerprint density at radius 2 is 1.96 bits per heavy atom. The highest BCUT2D eigenvalue weighted by Crippen LogP contribution is 2.24. The lowest BCUT2D eigenvalue weighted by Crippen LogP contribution is -2.25. The average Bonchev–Trinajstić information content (AvgIpc) is 2.69. The Balaban J connectivity index is 2.02. The number of carbonyl (C=O) groups is 1. The molecule has 0 atom stereocenters. The van der Waals surface area contributed by atoms with E-state index in [-0.39, 0.29) is 29.0 Å². The molecule has 0 N–H and O–H groups in total. The van der Waals surface area contributed by atoms with Crippen molar-refractivity contribution >= 4 is 22.4 Å². The first-order valence-electron chi connectivity index (χ1n) is 7.83. The Morgan fingerprint density at radius 3 is 2.63 bits per heavy atom. The minimum atomic E-state index is -0.595. The van der Waals surface area contributed by atoms with Crippen molar-refractivity contribution in [2.45, 2.75) is 6.54 Å². The van der Waals surface area contributed by atoms with E-state index in [4.69, 9.17) is 9.47 Å². The smallest absolute Gasteiger partial charge is 0.270 e. The maximum absolute atomic E-state index is 12.7. The van der Waals surface area contributed by atoms with Crippen molar-refractivity contribution in [2.24, 2.45) is 0 Å². The molecule has 0 radical (unpaired) electrons. The summed E-state index contributed by atoms with van der Waals surface area (Å²) < 4.78 is 11.4. The number of rotatable bonds is 6. The number of non-ortho nitro benzene ring substituents is 1. The molecule has 0 bridgehead atoms. The number of nitro groups is 1. The first-order chi connectivity index (χ1) is 12.9. The van der Waals surface area contributed by atoms with Gasteiger partial charge >= 0.3 is 0 Å². The number of nitro benzene ring substituents is 1. The van der Waals surface area contributed by atoms with Crippen LogP contribution in [0.2, 0.25) is 0 Å². The van der Waals surface area contributed by atoms with Crippen molar-refractivity contribution < 1.29 is 19.2 Å². The Bertz CT molecular complexity index is 1110. The minimum Gasteiger partial charge on any atom is -0.497 e. The van der Waals surface area contributed by atoms with Crippen molar-refractivity contribution in [3.05, 3.63) is 68.8 Å². The van der Waals surface area contributed by atoms with Crippen LogP contribution in [0.25, 0.3) is 10.9 Å².